The maximum atomic E-state index is 5.90. The summed E-state index contributed by atoms with van der Waals surface area (Å²) < 4.78 is 7.44. The summed E-state index contributed by atoms with van der Waals surface area (Å²) in [6.07, 6.45) is 4.80. The summed E-state index contributed by atoms with van der Waals surface area (Å²) in [5, 5.41) is 11.7. The van der Waals surface area contributed by atoms with Crippen molar-refractivity contribution < 1.29 is 4.74 Å². The van der Waals surface area contributed by atoms with Crippen LogP contribution in [0.15, 0.2) is 66.3 Å². The number of nitrogens with zero attached hydrogens (tertiary/aromatic N) is 4. The van der Waals surface area contributed by atoms with Crippen molar-refractivity contribution in [2.45, 2.75) is 13.5 Å². The first-order valence-electron chi connectivity index (χ1n) is 6.97. The minimum atomic E-state index is 0.526. The third kappa shape index (κ3) is 3.58. The summed E-state index contributed by atoms with van der Waals surface area (Å²) in [4.78, 5) is 0. The van der Waals surface area contributed by atoms with E-state index in [1.165, 1.54) is 22.9 Å². The van der Waals surface area contributed by atoms with Crippen LogP contribution in [0.3, 0.4) is 0 Å². The van der Waals surface area contributed by atoms with E-state index in [2.05, 4.69) is 46.5 Å². The predicted molar refractivity (Wildman–Crippen MR) is 85.0 cm³/mol. The lowest BCUT2D eigenvalue weighted by Crippen LogP contribution is -1.99. The molecule has 0 bridgehead atoms. The lowest BCUT2D eigenvalue weighted by Gasteiger charge is -2.09. The van der Waals surface area contributed by atoms with Gasteiger partial charge in [0.25, 0.3) is 0 Å². The number of hydrogen-bond donors (Lipinski definition) is 0. The molecular formula is C17H16N4O. The van der Waals surface area contributed by atoms with E-state index in [1.807, 2.05) is 24.3 Å². The molecule has 0 aliphatic rings. The number of benzene rings is 2. The molecule has 0 atom stereocenters. The molecule has 0 amide bonds. The molecule has 0 radical (unpaired) electrons. The van der Waals surface area contributed by atoms with E-state index in [0.29, 0.717) is 6.61 Å². The van der Waals surface area contributed by atoms with Gasteiger partial charge in [-0.25, -0.2) is 4.68 Å². The Bertz CT molecular complexity index is 749. The molecule has 0 unspecified atom stereocenters. The monoisotopic (exact) mass is 292 g/mol. The third-order valence-corrected chi connectivity index (χ3v) is 3.17. The van der Waals surface area contributed by atoms with Crippen LogP contribution in [0.5, 0.6) is 5.75 Å². The molecule has 0 fully saturated rings. The molecule has 1 aromatic heterocycles. The maximum absolute atomic E-state index is 5.90. The van der Waals surface area contributed by atoms with Crippen molar-refractivity contribution in [1.29, 1.82) is 0 Å². The van der Waals surface area contributed by atoms with E-state index < -0.39 is 0 Å². The molecule has 5 nitrogen and oxygen atoms in total. The summed E-state index contributed by atoms with van der Waals surface area (Å²) in [6, 6.07) is 16.1. The van der Waals surface area contributed by atoms with E-state index in [-0.39, 0.29) is 0 Å². The molecule has 0 aliphatic carbocycles. The predicted octanol–water partition coefficient (Wildman–Crippen LogP) is 3.05. The number of ether oxygens (including phenoxy) is 1. The number of aryl methyl sites for hydroxylation is 1. The van der Waals surface area contributed by atoms with Crippen LogP contribution in [0.4, 0.5) is 0 Å². The largest absolute Gasteiger partial charge is 0.488 e. The highest BCUT2D eigenvalue weighted by Gasteiger charge is 2.01. The van der Waals surface area contributed by atoms with Gasteiger partial charge < -0.3 is 4.74 Å². The van der Waals surface area contributed by atoms with E-state index in [4.69, 9.17) is 4.74 Å². The summed E-state index contributed by atoms with van der Waals surface area (Å²) in [5.74, 6) is 0.792. The first-order chi connectivity index (χ1) is 10.8. The van der Waals surface area contributed by atoms with Gasteiger partial charge in [0.1, 0.15) is 25.0 Å². The molecule has 3 rings (SSSR count). The Balaban J connectivity index is 1.72. The first kappa shape index (κ1) is 14.0. The summed E-state index contributed by atoms with van der Waals surface area (Å²) in [7, 11) is 0. The van der Waals surface area contributed by atoms with Crippen LogP contribution in [-0.2, 0) is 6.61 Å². The number of rotatable bonds is 5. The van der Waals surface area contributed by atoms with Crippen LogP contribution in [0.2, 0.25) is 0 Å². The van der Waals surface area contributed by atoms with Crippen molar-refractivity contribution in [3.8, 4) is 5.75 Å². The molecule has 0 aliphatic heterocycles. The lowest BCUT2D eigenvalue weighted by molar-refractivity contribution is 0.306. The standard InChI is InChI=1S/C17H16N4O/c1-14-6-8-15(9-7-14)11-22-17-5-3-2-4-16(17)10-20-21-12-18-19-13-21/h2-10,12-13H,11H2,1H3/b20-10-. The maximum Gasteiger partial charge on any atom is 0.141 e. The van der Waals surface area contributed by atoms with E-state index in [0.717, 1.165) is 16.9 Å². The van der Waals surface area contributed by atoms with Crippen LogP contribution in [0.25, 0.3) is 0 Å². The Morgan fingerprint density at radius 2 is 1.77 bits per heavy atom. The number of aromatic nitrogens is 3. The van der Waals surface area contributed by atoms with E-state index >= 15 is 0 Å². The van der Waals surface area contributed by atoms with Crippen molar-refractivity contribution in [3.63, 3.8) is 0 Å². The van der Waals surface area contributed by atoms with Gasteiger partial charge in [-0.15, -0.1) is 10.2 Å². The van der Waals surface area contributed by atoms with Crippen molar-refractivity contribution in [3.05, 3.63) is 77.9 Å². The fourth-order valence-corrected chi connectivity index (χ4v) is 1.95. The van der Waals surface area contributed by atoms with Gasteiger partial charge in [-0.2, -0.15) is 5.10 Å². The summed E-state index contributed by atoms with van der Waals surface area (Å²) in [6.45, 7) is 2.60. The second-order valence-corrected chi connectivity index (χ2v) is 4.90. The fraction of sp³-hybridized carbons (Fsp3) is 0.118. The van der Waals surface area contributed by atoms with Crippen molar-refractivity contribution in [2.75, 3.05) is 0 Å². The molecule has 0 spiro atoms. The second kappa shape index (κ2) is 6.67. The van der Waals surface area contributed by atoms with Crippen LogP contribution < -0.4 is 4.74 Å². The average molecular weight is 292 g/mol. The van der Waals surface area contributed by atoms with Crippen molar-refractivity contribution in [2.24, 2.45) is 5.10 Å². The first-order valence-corrected chi connectivity index (χ1v) is 6.97. The van der Waals surface area contributed by atoms with Crippen molar-refractivity contribution in [1.82, 2.24) is 14.9 Å². The van der Waals surface area contributed by atoms with Gasteiger partial charge in [0.15, 0.2) is 0 Å². The topological polar surface area (TPSA) is 52.3 Å². The van der Waals surface area contributed by atoms with E-state index in [9.17, 15) is 0 Å². The van der Waals surface area contributed by atoms with E-state index in [1.54, 1.807) is 6.21 Å². The van der Waals surface area contributed by atoms with Gasteiger partial charge in [0.05, 0.1) is 6.21 Å². The zero-order chi connectivity index (χ0) is 15.2. The highest BCUT2D eigenvalue weighted by Crippen LogP contribution is 2.18. The highest BCUT2D eigenvalue weighted by molar-refractivity contribution is 5.83. The van der Waals surface area contributed by atoms with Gasteiger partial charge in [-0.1, -0.05) is 42.0 Å². The lowest BCUT2D eigenvalue weighted by atomic mass is 10.1. The molecular weight excluding hydrogens is 276 g/mol. The Morgan fingerprint density at radius 3 is 2.55 bits per heavy atom. The third-order valence-electron chi connectivity index (χ3n) is 3.17. The zero-order valence-electron chi connectivity index (χ0n) is 12.3. The molecule has 3 aromatic rings. The Kier molecular flexibility index (Phi) is 4.25. The molecule has 22 heavy (non-hydrogen) atoms. The van der Waals surface area contributed by atoms with Crippen molar-refractivity contribution >= 4 is 6.21 Å². The number of para-hydroxylation sites is 1. The van der Waals surface area contributed by atoms with Crippen LogP contribution in [-0.4, -0.2) is 21.1 Å². The number of hydrogen-bond acceptors (Lipinski definition) is 4. The second-order valence-electron chi connectivity index (χ2n) is 4.90. The molecule has 0 N–H and O–H groups in total. The van der Waals surface area contributed by atoms with Crippen LogP contribution in [0.1, 0.15) is 16.7 Å². The summed E-state index contributed by atoms with van der Waals surface area (Å²) in [5.41, 5.74) is 3.28. The Morgan fingerprint density at radius 1 is 1.05 bits per heavy atom. The fourth-order valence-electron chi connectivity index (χ4n) is 1.95. The molecule has 110 valence electrons. The van der Waals surface area contributed by atoms with Crippen LogP contribution >= 0.6 is 0 Å². The SMILES string of the molecule is Cc1ccc(COc2ccccc2/C=N\n2cnnc2)cc1. The van der Waals surface area contributed by atoms with Crippen LogP contribution in [0, 0.1) is 6.92 Å². The van der Waals surface area contributed by atoms with Gasteiger partial charge in [0.2, 0.25) is 0 Å². The van der Waals surface area contributed by atoms with Gasteiger partial charge in [-0.3, -0.25) is 0 Å². The Labute approximate surface area is 128 Å². The molecule has 5 heteroatoms. The minimum absolute atomic E-state index is 0.526. The Hall–Kier alpha value is -2.95. The molecule has 1 heterocycles. The van der Waals surface area contributed by atoms with Gasteiger partial charge in [-0.05, 0) is 24.6 Å². The van der Waals surface area contributed by atoms with Gasteiger partial charge >= 0.3 is 0 Å². The smallest absolute Gasteiger partial charge is 0.141 e. The minimum Gasteiger partial charge on any atom is -0.488 e. The van der Waals surface area contributed by atoms with Gasteiger partial charge in [0, 0.05) is 5.56 Å². The normalized spacial score (nSPS) is 11.0. The molecule has 0 saturated carbocycles. The molecule has 0 saturated heterocycles. The summed E-state index contributed by atoms with van der Waals surface area (Å²) >= 11 is 0. The average Bonchev–Trinajstić information content (AvgIpc) is 3.07. The zero-order valence-corrected chi connectivity index (χ0v) is 12.3. The quantitative estimate of drug-likeness (QED) is 0.679. The molecule has 2 aromatic carbocycles. The highest BCUT2D eigenvalue weighted by atomic mass is 16.5.